The molecule has 4 heteroatoms. The van der Waals surface area contributed by atoms with Gasteiger partial charge < -0.3 is 10.1 Å². The second kappa shape index (κ2) is 5.43. The summed E-state index contributed by atoms with van der Waals surface area (Å²) in [5.74, 6) is -0.501. The molecule has 1 fully saturated rings. The topological polar surface area (TPSA) is 55.4 Å². The fourth-order valence-corrected chi connectivity index (χ4v) is 2.50. The number of nitrogens with one attached hydrogen (secondary N) is 1. The normalized spacial score (nSPS) is 18.0. The fraction of sp³-hybridized carbons (Fsp3) is 0.467. The average molecular weight is 261 g/mol. The Morgan fingerprint density at radius 3 is 2.37 bits per heavy atom. The zero-order valence-electron chi connectivity index (χ0n) is 11.3. The SMILES string of the molecule is COC(=O)C(C)NC(=O)C1(c2ccccc2)CCC1. The van der Waals surface area contributed by atoms with E-state index in [9.17, 15) is 9.59 Å². The maximum absolute atomic E-state index is 12.5. The molecule has 1 N–H and O–H groups in total. The summed E-state index contributed by atoms with van der Waals surface area (Å²) in [6, 6.07) is 9.14. The van der Waals surface area contributed by atoms with Gasteiger partial charge in [0, 0.05) is 0 Å². The van der Waals surface area contributed by atoms with E-state index in [2.05, 4.69) is 10.1 Å². The number of hydrogen-bond acceptors (Lipinski definition) is 3. The number of ether oxygens (including phenoxy) is 1. The quantitative estimate of drug-likeness (QED) is 0.841. The van der Waals surface area contributed by atoms with Crippen LogP contribution >= 0.6 is 0 Å². The van der Waals surface area contributed by atoms with Crippen LogP contribution in [0, 0.1) is 0 Å². The monoisotopic (exact) mass is 261 g/mol. The molecular formula is C15H19NO3. The van der Waals surface area contributed by atoms with E-state index in [0.29, 0.717) is 0 Å². The summed E-state index contributed by atoms with van der Waals surface area (Å²) in [5.41, 5.74) is 0.555. The summed E-state index contributed by atoms with van der Waals surface area (Å²) in [6.45, 7) is 1.64. The molecule has 0 spiro atoms. The highest BCUT2D eigenvalue weighted by molar-refractivity contribution is 5.92. The first-order valence-electron chi connectivity index (χ1n) is 6.54. The summed E-state index contributed by atoms with van der Waals surface area (Å²) in [5, 5.41) is 2.76. The van der Waals surface area contributed by atoms with Crippen molar-refractivity contribution in [2.24, 2.45) is 0 Å². The maximum Gasteiger partial charge on any atom is 0.328 e. The van der Waals surface area contributed by atoms with Gasteiger partial charge in [-0.25, -0.2) is 4.79 Å². The first kappa shape index (κ1) is 13.6. The fourth-order valence-electron chi connectivity index (χ4n) is 2.50. The van der Waals surface area contributed by atoms with Gasteiger partial charge in [0.2, 0.25) is 5.91 Å². The third kappa shape index (κ3) is 2.48. The van der Waals surface area contributed by atoms with Gasteiger partial charge in [-0.1, -0.05) is 36.8 Å². The predicted octanol–water partition coefficient (Wildman–Crippen LogP) is 1.79. The van der Waals surface area contributed by atoms with Crippen LogP contribution in [-0.4, -0.2) is 25.0 Å². The lowest BCUT2D eigenvalue weighted by Gasteiger charge is -2.41. The lowest BCUT2D eigenvalue weighted by atomic mass is 9.63. The molecule has 1 aliphatic carbocycles. The Kier molecular flexibility index (Phi) is 3.88. The van der Waals surface area contributed by atoms with E-state index >= 15 is 0 Å². The third-order valence-corrected chi connectivity index (χ3v) is 3.87. The van der Waals surface area contributed by atoms with Crippen molar-refractivity contribution in [3.05, 3.63) is 35.9 Å². The van der Waals surface area contributed by atoms with Crippen LogP contribution in [0.4, 0.5) is 0 Å². The Morgan fingerprint density at radius 1 is 1.26 bits per heavy atom. The molecule has 1 amide bonds. The van der Waals surface area contributed by atoms with Gasteiger partial charge in [0.1, 0.15) is 6.04 Å². The number of benzene rings is 1. The second-order valence-corrected chi connectivity index (χ2v) is 5.02. The number of carbonyl (C=O) groups excluding carboxylic acids is 2. The summed E-state index contributed by atoms with van der Waals surface area (Å²) in [6.07, 6.45) is 2.70. The standard InChI is InChI=1S/C15H19NO3/c1-11(13(17)19-2)16-14(18)15(9-6-10-15)12-7-4-3-5-8-12/h3-5,7-8,11H,6,9-10H2,1-2H3,(H,16,18). The molecule has 19 heavy (non-hydrogen) atoms. The van der Waals surface area contributed by atoms with Crippen LogP contribution < -0.4 is 5.32 Å². The van der Waals surface area contributed by atoms with Gasteiger partial charge in [0.15, 0.2) is 0 Å². The Hall–Kier alpha value is -1.84. The Bertz CT molecular complexity index is 466. The van der Waals surface area contributed by atoms with E-state index in [0.717, 1.165) is 24.8 Å². The smallest absolute Gasteiger partial charge is 0.328 e. The van der Waals surface area contributed by atoms with Crippen LogP contribution in [0.1, 0.15) is 31.7 Å². The van der Waals surface area contributed by atoms with E-state index < -0.39 is 17.4 Å². The van der Waals surface area contributed by atoms with Gasteiger partial charge in [0.25, 0.3) is 0 Å². The Labute approximate surface area is 113 Å². The molecular weight excluding hydrogens is 242 g/mol. The molecule has 1 aliphatic rings. The number of carbonyl (C=O) groups is 2. The summed E-state index contributed by atoms with van der Waals surface area (Å²) >= 11 is 0. The molecule has 1 unspecified atom stereocenters. The second-order valence-electron chi connectivity index (χ2n) is 5.02. The number of esters is 1. The molecule has 1 aromatic carbocycles. The zero-order valence-corrected chi connectivity index (χ0v) is 11.3. The van der Waals surface area contributed by atoms with Crippen molar-refractivity contribution < 1.29 is 14.3 Å². The number of rotatable bonds is 4. The van der Waals surface area contributed by atoms with E-state index in [1.54, 1.807) is 6.92 Å². The van der Waals surface area contributed by atoms with Crippen molar-refractivity contribution in [2.75, 3.05) is 7.11 Å². The number of hydrogen-bond donors (Lipinski definition) is 1. The van der Waals surface area contributed by atoms with E-state index in [1.807, 2.05) is 30.3 Å². The van der Waals surface area contributed by atoms with Gasteiger partial charge in [-0.05, 0) is 25.3 Å². The maximum atomic E-state index is 12.5. The molecule has 0 saturated heterocycles. The summed E-state index contributed by atoms with van der Waals surface area (Å²) in [4.78, 5) is 23.8. The van der Waals surface area contributed by atoms with Crippen molar-refractivity contribution in [2.45, 2.75) is 37.6 Å². The van der Waals surface area contributed by atoms with Crippen molar-refractivity contribution in [3.8, 4) is 0 Å². The minimum atomic E-state index is -0.612. The van der Waals surface area contributed by atoms with Crippen LogP contribution in [0.15, 0.2) is 30.3 Å². The van der Waals surface area contributed by atoms with E-state index in [4.69, 9.17) is 0 Å². The highest BCUT2D eigenvalue weighted by Crippen LogP contribution is 2.43. The minimum absolute atomic E-state index is 0.0807. The van der Waals surface area contributed by atoms with Crippen LogP contribution in [0.3, 0.4) is 0 Å². The van der Waals surface area contributed by atoms with Crippen LogP contribution in [0.25, 0.3) is 0 Å². The molecule has 0 bridgehead atoms. The highest BCUT2D eigenvalue weighted by atomic mass is 16.5. The van der Waals surface area contributed by atoms with Crippen molar-refractivity contribution in [1.29, 1.82) is 0 Å². The lowest BCUT2D eigenvalue weighted by Crippen LogP contribution is -2.53. The molecule has 1 aromatic rings. The van der Waals surface area contributed by atoms with Gasteiger partial charge in [0.05, 0.1) is 12.5 Å². The third-order valence-electron chi connectivity index (χ3n) is 3.87. The highest BCUT2D eigenvalue weighted by Gasteiger charge is 2.46. The molecule has 1 saturated carbocycles. The molecule has 2 rings (SSSR count). The largest absolute Gasteiger partial charge is 0.467 e. The van der Waals surface area contributed by atoms with Gasteiger partial charge >= 0.3 is 5.97 Å². The van der Waals surface area contributed by atoms with Crippen LogP contribution in [-0.2, 0) is 19.7 Å². The number of methoxy groups -OCH3 is 1. The summed E-state index contributed by atoms with van der Waals surface area (Å²) < 4.78 is 4.63. The first-order valence-corrected chi connectivity index (χ1v) is 6.54. The molecule has 1 atom stereocenters. The molecule has 0 radical (unpaired) electrons. The zero-order chi connectivity index (χ0) is 13.9. The molecule has 0 aromatic heterocycles. The van der Waals surface area contributed by atoms with Crippen molar-refractivity contribution in [1.82, 2.24) is 5.32 Å². The predicted molar refractivity (Wildman–Crippen MR) is 71.6 cm³/mol. The van der Waals surface area contributed by atoms with Gasteiger partial charge in [-0.3, -0.25) is 4.79 Å². The van der Waals surface area contributed by atoms with Crippen molar-refractivity contribution >= 4 is 11.9 Å². The first-order chi connectivity index (χ1) is 9.10. The molecule has 102 valence electrons. The van der Waals surface area contributed by atoms with Gasteiger partial charge in [-0.15, -0.1) is 0 Å². The Morgan fingerprint density at radius 2 is 1.89 bits per heavy atom. The molecule has 0 aliphatic heterocycles. The van der Waals surface area contributed by atoms with Crippen LogP contribution in [0.2, 0.25) is 0 Å². The van der Waals surface area contributed by atoms with E-state index in [1.165, 1.54) is 7.11 Å². The molecule has 0 heterocycles. The number of amides is 1. The minimum Gasteiger partial charge on any atom is -0.467 e. The Balaban J connectivity index is 2.14. The lowest BCUT2D eigenvalue weighted by molar-refractivity contribution is -0.145. The molecule has 4 nitrogen and oxygen atoms in total. The van der Waals surface area contributed by atoms with Crippen molar-refractivity contribution in [3.63, 3.8) is 0 Å². The summed E-state index contributed by atoms with van der Waals surface area (Å²) in [7, 11) is 1.32. The van der Waals surface area contributed by atoms with Gasteiger partial charge in [-0.2, -0.15) is 0 Å². The van der Waals surface area contributed by atoms with E-state index in [-0.39, 0.29) is 5.91 Å². The average Bonchev–Trinajstić information content (AvgIpc) is 2.37. The van der Waals surface area contributed by atoms with Crippen LogP contribution in [0.5, 0.6) is 0 Å².